The molecule has 1 rings (SSSR count). The predicted molar refractivity (Wildman–Crippen MR) is 69.3 cm³/mol. The molecule has 0 saturated heterocycles. The summed E-state index contributed by atoms with van der Waals surface area (Å²) in [5.74, 6) is 0.831. The molecule has 0 aliphatic rings. The minimum absolute atomic E-state index is 0.131. The Hall–Kier alpha value is -1.59. The van der Waals surface area contributed by atoms with Crippen LogP contribution in [0.2, 0.25) is 0 Å². The van der Waals surface area contributed by atoms with Crippen LogP contribution in [0.1, 0.15) is 39.0 Å². The molecule has 1 N–H and O–H groups in total. The number of esters is 1. The largest absolute Gasteiger partial charge is 0.469 e. The Morgan fingerprint density at radius 2 is 2.28 bits per heavy atom. The summed E-state index contributed by atoms with van der Waals surface area (Å²) in [6.07, 6.45) is 6.19. The molecule has 1 aromatic heterocycles. The summed E-state index contributed by atoms with van der Waals surface area (Å²) < 4.78 is 6.45. The van der Waals surface area contributed by atoms with Crippen LogP contribution >= 0.6 is 0 Å². The number of hydrogen-bond donors (Lipinski definition) is 1. The van der Waals surface area contributed by atoms with Crippen LogP contribution in [0.4, 0.5) is 5.82 Å². The summed E-state index contributed by atoms with van der Waals surface area (Å²) in [4.78, 5) is 10.9. The van der Waals surface area contributed by atoms with Gasteiger partial charge in [0.25, 0.3) is 0 Å². The molecular formula is C12H22N4O2. The first kappa shape index (κ1) is 14.5. The van der Waals surface area contributed by atoms with Crippen LogP contribution in [-0.4, -0.2) is 34.6 Å². The van der Waals surface area contributed by atoms with E-state index in [2.05, 4.69) is 27.3 Å². The molecule has 6 nitrogen and oxygen atoms in total. The number of rotatable bonds is 9. The van der Waals surface area contributed by atoms with E-state index in [4.69, 9.17) is 0 Å². The van der Waals surface area contributed by atoms with Crippen molar-refractivity contribution in [3.63, 3.8) is 0 Å². The molecule has 102 valence electrons. The number of carbonyl (C=O) groups is 1. The van der Waals surface area contributed by atoms with E-state index in [0.29, 0.717) is 6.42 Å². The van der Waals surface area contributed by atoms with Crippen LogP contribution in [-0.2, 0) is 16.1 Å². The Bertz CT molecular complexity index is 352. The lowest BCUT2D eigenvalue weighted by Crippen LogP contribution is -2.09. The molecule has 18 heavy (non-hydrogen) atoms. The standard InChI is InChI=1S/C12H22N4O2/c1-3-9-16-11(10-14-15-16)13-8-6-4-5-7-12(17)18-2/h10,13H,3-9H2,1-2H3. The zero-order chi connectivity index (χ0) is 13.2. The van der Waals surface area contributed by atoms with Crippen molar-refractivity contribution in [1.82, 2.24) is 15.0 Å². The fourth-order valence-electron chi connectivity index (χ4n) is 1.66. The van der Waals surface area contributed by atoms with Crippen molar-refractivity contribution in [3.8, 4) is 0 Å². The van der Waals surface area contributed by atoms with Crippen LogP contribution in [0.5, 0.6) is 0 Å². The molecule has 0 spiro atoms. The van der Waals surface area contributed by atoms with E-state index >= 15 is 0 Å². The first-order valence-electron chi connectivity index (χ1n) is 6.47. The van der Waals surface area contributed by atoms with Crippen molar-refractivity contribution < 1.29 is 9.53 Å². The number of hydrogen-bond acceptors (Lipinski definition) is 5. The third-order valence-corrected chi connectivity index (χ3v) is 2.64. The van der Waals surface area contributed by atoms with Crippen molar-refractivity contribution in [2.24, 2.45) is 0 Å². The van der Waals surface area contributed by atoms with Gasteiger partial charge in [-0.15, -0.1) is 5.10 Å². The molecule has 0 radical (unpaired) electrons. The Morgan fingerprint density at radius 1 is 1.44 bits per heavy atom. The van der Waals surface area contributed by atoms with Crippen LogP contribution in [0.15, 0.2) is 6.20 Å². The SMILES string of the molecule is CCCn1nncc1NCCCCCC(=O)OC. The number of unbranched alkanes of at least 4 members (excludes halogenated alkanes) is 2. The molecule has 6 heteroatoms. The quantitative estimate of drug-likeness (QED) is 0.538. The zero-order valence-electron chi connectivity index (χ0n) is 11.2. The third kappa shape index (κ3) is 5.16. The van der Waals surface area contributed by atoms with E-state index < -0.39 is 0 Å². The van der Waals surface area contributed by atoms with Crippen LogP contribution < -0.4 is 5.32 Å². The van der Waals surface area contributed by atoms with Crippen molar-refractivity contribution in [3.05, 3.63) is 6.20 Å². The van der Waals surface area contributed by atoms with Gasteiger partial charge in [0.05, 0.1) is 13.3 Å². The summed E-state index contributed by atoms with van der Waals surface area (Å²) in [5, 5.41) is 11.2. The van der Waals surface area contributed by atoms with Gasteiger partial charge >= 0.3 is 5.97 Å². The van der Waals surface area contributed by atoms with E-state index in [1.165, 1.54) is 7.11 Å². The maximum Gasteiger partial charge on any atom is 0.305 e. The molecule has 0 aromatic carbocycles. The van der Waals surface area contributed by atoms with Gasteiger partial charge in [-0.25, -0.2) is 4.68 Å². The molecule has 0 bridgehead atoms. The topological polar surface area (TPSA) is 69.0 Å². The lowest BCUT2D eigenvalue weighted by atomic mass is 10.2. The van der Waals surface area contributed by atoms with Gasteiger partial charge in [0.15, 0.2) is 0 Å². The van der Waals surface area contributed by atoms with Gasteiger partial charge in [-0.3, -0.25) is 4.79 Å². The van der Waals surface area contributed by atoms with Gasteiger partial charge in [0, 0.05) is 19.5 Å². The van der Waals surface area contributed by atoms with E-state index in [1.807, 2.05) is 4.68 Å². The van der Waals surface area contributed by atoms with Crippen LogP contribution in [0, 0.1) is 0 Å². The minimum Gasteiger partial charge on any atom is -0.469 e. The van der Waals surface area contributed by atoms with E-state index in [-0.39, 0.29) is 5.97 Å². The lowest BCUT2D eigenvalue weighted by molar-refractivity contribution is -0.140. The lowest BCUT2D eigenvalue weighted by Gasteiger charge is -2.07. The van der Waals surface area contributed by atoms with E-state index in [9.17, 15) is 4.79 Å². The average molecular weight is 254 g/mol. The summed E-state index contributed by atoms with van der Waals surface area (Å²) in [6, 6.07) is 0. The van der Waals surface area contributed by atoms with Crippen LogP contribution in [0.3, 0.4) is 0 Å². The zero-order valence-corrected chi connectivity index (χ0v) is 11.2. The highest BCUT2D eigenvalue weighted by Gasteiger charge is 2.02. The molecular weight excluding hydrogens is 232 g/mol. The van der Waals surface area contributed by atoms with Crippen molar-refractivity contribution >= 4 is 11.8 Å². The number of aromatic nitrogens is 3. The number of aryl methyl sites for hydroxylation is 1. The smallest absolute Gasteiger partial charge is 0.305 e. The molecule has 1 heterocycles. The molecule has 0 aliphatic carbocycles. The maximum atomic E-state index is 10.9. The monoisotopic (exact) mass is 254 g/mol. The van der Waals surface area contributed by atoms with Crippen molar-refractivity contribution in [1.29, 1.82) is 0 Å². The number of anilines is 1. The summed E-state index contributed by atoms with van der Waals surface area (Å²) in [7, 11) is 1.42. The first-order chi connectivity index (χ1) is 8.77. The van der Waals surface area contributed by atoms with Gasteiger partial charge in [-0.2, -0.15) is 0 Å². The number of nitrogens with zero attached hydrogens (tertiary/aromatic N) is 3. The van der Waals surface area contributed by atoms with Gasteiger partial charge in [0.1, 0.15) is 5.82 Å². The average Bonchev–Trinajstić information content (AvgIpc) is 2.81. The number of carbonyl (C=O) groups excluding carboxylic acids is 1. The molecule has 0 fully saturated rings. The van der Waals surface area contributed by atoms with Gasteiger partial charge in [-0.05, 0) is 19.3 Å². The summed E-state index contributed by atoms with van der Waals surface area (Å²) >= 11 is 0. The minimum atomic E-state index is -0.131. The van der Waals surface area contributed by atoms with E-state index in [1.54, 1.807) is 6.20 Å². The normalized spacial score (nSPS) is 10.3. The second-order valence-corrected chi connectivity index (χ2v) is 4.16. The molecule has 1 aromatic rings. The third-order valence-electron chi connectivity index (χ3n) is 2.64. The number of ether oxygens (including phenoxy) is 1. The van der Waals surface area contributed by atoms with Crippen molar-refractivity contribution in [2.75, 3.05) is 19.0 Å². The van der Waals surface area contributed by atoms with Gasteiger partial charge in [-0.1, -0.05) is 18.6 Å². The summed E-state index contributed by atoms with van der Waals surface area (Å²) in [6.45, 7) is 3.86. The van der Waals surface area contributed by atoms with Gasteiger partial charge < -0.3 is 10.1 Å². The molecule has 0 aliphatic heterocycles. The highest BCUT2D eigenvalue weighted by Crippen LogP contribution is 2.06. The molecule has 0 saturated carbocycles. The molecule has 0 atom stereocenters. The Balaban J connectivity index is 2.10. The maximum absolute atomic E-state index is 10.9. The van der Waals surface area contributed by atoms with Gasteiger partial charge in [0.2, 0.25) is 0 Å². The Labute approximate surface area is 108 Å². The van der Waals surface area contributed by atoms with Crippen molar-refractivity contribution in [2.45, 2.75) is 45.6 Å². The highest BCUT2D eigenvalue weighted by molar-refractivity contribution is 5.68. The Morgan fingerprint density at radius 3 is 3.00 bits per heavy atom. The molecule has 0 amide bonds. The van der Waals surface area contributed by atoms with E-state index in [0.717, 1.165) is 44.6 Å². The number of methoxy groups -OCH3 is 1. The Kier molecular flexibility index (Phi) is 6.83. The fourth-order valence-corrected chi connectivity index (χ4v) is 1.66. The predicted octanol–water partition coefficient (Wildman–Crippen LogP) is 1.83. The second kappa shape index (κ2) is 8.49. The first-order valence-corrected chi connectivity index (χ1v) is 6.47. The highest BCUT2D eigenvalue weighted by atomic mass is 16.5. The van der Waals surface area contributed by atoms with Crippen LogP contribution in [0.25, 0.3) is 0 Å². The fraction of sp³-hybridized carbons (Fsp3) is 0.750. The number of nitrogens with one attached hydrogen (secondary N) is 1. The molecule has 0 unspecified atom stereocenters. The summed E-state index contributed by atoms with van der Waals surface area (Å²) in [5.41, 5.74) is 0. The second-order valence-electron chi connectivity index (χ2n) is 4.16.